The van der Waals surface area contributed by atoms with E-state index >= 15 is 0 Å². The average Bonchev–Trinajstić information content (AvgIpc) is 2.38. The first-order chi connectivity index (χ1) is 9.63. The lowest BCUT2D eigenvalue weighted by Crippen LogP contribution is -1.87. The normalized spacial score (nSPS) is 11.6. The molecule has 0 aromatic rings. The van der Waals surface area contributed by atoms with Gasteiger partial charge in [-0.1, -0.05) is 84.1 Å². The summed E-state index contributed by atoms with van der Waals surface area (Å²) in [6.07, 6.45) is 18.7. The van der Waals surface area contributed by atoms with Gasteiger partial charge in [0.05, 0.1) is 0 Å². The lowest BCUT2D eigenvalue weighted by Gasteiger charge is -2.04. The van der Waals surface area contributed by atoms with Gasteiger partial charge in [0, 0.05) is 6.08 Å². The van der Waals surface area contributed by atoms with Gasteiger partial charge in [0.1, 0.15) is 0 Å². The van der Waals surface area contributed by atoms with Crippen molar-refractivity contribution >= 4 is 5.97 Å². The molecule has 0 heterocycles. The topological polar surface area (TPSA) is 37.3 Å². The Morgan fingerprint density at radius 1 is 0.850 bits per heavy atom. The van der Waals surface area contributed by atoms with E-state index in [0.29, 0.717) is 0 Å². The Labute approximate surface area is 125 Å². The van der Waals surface area contributed by atoms with Crippen LogP contribution >= 0.6 is 0 Å². The summed E-state index contributed by atoms with van der Waals surface area (Å²) in [5.41, 5.74) is 0. The van der Waals surface area contributed by atoms with E-state index < -0.39 is 5.97 Å². The predicted octanol–water partition coefficient (Wildman–Crippen LogP) is 5.96. The minimum atomic E-state index is -0.835. The molecular formula is C18H34O2. The van der Waals surface area contributed by atoms with E-state index in [0.717, 1.165) is 18.8 Å². The number of hydrogen-bond acceptors (Lipinski definition) is 1. The standard InChI is InChI=1S/C18H34O2/c1-17(2)15-13-11-9-7-5-3-4-6-8-10-12-14-16-18(19)20/h14,16-17H,3-13,15H2,1-2H3,(H,19,20)/b16-14+. The number of carbonyl (C=O) groups is 1. The van der Waals surface area contributed by atoms with Crippen LogP contribution in [0.4, 0.5) is 0 Å². The predicted molar refractivity (Wildman–Crippen MR) is 87.0 cm³/mol. The Morgan fingerprint density at radius 3 is 1.75 bits per heavy atom. The summed E-state index contributed by atoms with van der Waals surface area (Å²) in [4.78, 5) is 10.2. The SMILES string of the molecule is CC(C)CCCCCCCCCCCC/C=C/C(=O)O. The van der Waals surface area contributed by atoms with Gasteiger partial charge in [-0.25, -0.2) is 4.79 Å². The summed E-state index contributed by atoms with van der Waals surface area (Å²) in [6, 6.07) is 0. The van der Waals surface area contributed by atoms with E-state index in [9.17, 15) is 4.79 Å². The molecule has 0 unspecified atom stereocenters. The zero-order valence-electron chi connectivity index (χ0n) is 13.6. The van der Waals surface area contributed by atoms with Gasteiger partial charge >= 0.3 is 5.97 Å². The van der Waals surface area contributed by atoms with Crippen LogP contribution < -0.4 is 0 Å². The monoisotopic (exact) mass is 282 g/mol. The number of allylic oxidation sites excluding steroid dienone is 1. The summed E-state index contributed by atoms with van der Waals surface area (Å²) in [5.74, 6) is 0.0266. The quantitative estimate of drug-likeness (QED) is 0.315. The van der Waals surface area contributed by atoms with Crippen LogP contribution in [-0.4, -0.2) is 11.1 Å². The molecule has 118 valence electrons. The molecular weight excluding hydrogens is 248 g/mol. The number of carboxylic acids is 1. The second-order valence-electron chi connectivity index (χ2n) is 6.25. The van der Waals surface area contributed by atoms with Gasteiger partial charge in [-0.2, -0.15) is 0 Å². The average molecular weight is 282 g/mol. The van der Waals surface area contributed by atoms with E-state index in [1.807, 2.05) is 0 Å². The first kappa shape index (κ1) is 19.2. The third kappa shape index (κ3) is 17.2. The maximum Gasteiger partial charge on any atom is 0.327 e. The van der Waals surface area contributed by atoms with Gasteiger partial charge in [0.25, 0.3) is 0 Å². The summed E-state index contributed by atoms with van der Waals surface area (Å²) in [5, 5.41) is 8.43. The van der Waals surface area contributed by atoms with Gasteiger partial charge in [-0.15, -0.1) is 0 Å². The van der Waals surface area contributed by atoms with Gasteiger partial charge in [-0.3, -0.25) is 0 Å². The number of unbranched alkanes of at least 4 members (excludes halogenated alkanes) is 10. The third-order valence-corrected chi connectivity index (χ3v) is 3.66. The van der Waals surface area contributed by atoms with E-state index in [-0.39, 0.29) is 0 Å². The minimum absolute atomic E-state index is 0.835. The molecule has 0 fully saturated rings. The van der Waals surface area contributed by atoms with Crippen LogP contribution in [-0.2, 0) is 4.79 Å². The molecule has 20 heavy (non-hydrogen) atoms. The molecule has 0 aromatic heterocycles. The summed E-state index contributed by atoms with van der Waals surface area (Å²) in [6.45, 7) is 4.61. The van der Waals surface area contributed by atoms with Crippen molar-refractivity contribution in [2.24, 2.45) is 5.92 Å². The van der Waals surface area contributed by atoms with Crippen LogP contribution in [0, 0.1) is 5.92 Å². The van der Waals surface area contributed by atoms with Crippen molar-refractivity contribution in [3.05, 3.63) is 12.2 Å². The van der Waals surface area contributed by atoms with Crippen molar-refractivity contribution in [1.29, 1.82) is 0 Å². The fourth-order valence-electron chi connectivity index (χ4n) is 2.41. The highest BCUT2D eigenvalue weighted by Crippen LogP contribution is 2.13. The molecule has 1 N–H and O–H groups in total. The molecule has 2 heteroatoms. The third-order valence-electron chi connectivity index (χ3n) is 3.66. The highest BCUT2D eigenvalue weighted by molar-refractivity contribution is 5.79. The van der Waals surface area contributed by atoms with E-state index in [4.69, 9.17) is 5.11 Å². The van der Waals surface area contributed by atoms with Crippen molar-refractivity contribution in [2.45, 2.75) is 90.9 Å². The fourth-order valence-corrected chi connectivity index (χ4v) is 2.41. The molecule has 0 atom stereocenters. The minimum Gasteiger partial charge on any atom is -0.478 e. The zero-order valence-corrected chi connectivity index (χ0v) is 13.6. The summed E-state index contributed by atoms with van der Waals surface area (Å²) < 4.78 is 0. The second-order valence-corrected chi connectivity index (χ2v) is 6.25. The molecule has 2 nitrogen and oxygen atoms in total. The number of aliphatic carboxylic acids is 1. The van der Waals surface area contributed by atoms with Gasteiger partial charge in [0.15, 0.2) is 0 Å². The van der Waals surface area contributed by atoms with Crippen molar-refractivity contribution in [3.63, 3.8) is 0 Å². The molecule has 0 aliphatic heterocycles. The van der Waals surface area contributed by atoms with Crippen molar-refractivity contribution in [3.8, 4) is 0 Å². The first-order valence-corrected chi connectivity index (χ1v) is 8.52. The van der Waals surface area contributed by atoms with Gasteiger partial charge in [0.2, 0.25) is 0 Å². The van der Waals surface area contributed by atoms with Crippen LogP contribution in [0.2, 0.25) is 0 Å². The molecule has 0 aromatic carbocycles. The van der Waals surface area contributed by atoms with E-state index in [1.165, 1.54) is 70.3 Å². The highest BCUT2D eigenvalue weighted by Gasteiger charge is 1.95. The smallest absolute Gasteiger partial charge is 0.327 e. The second kappa shape index (κ2) is 14.6. The van der Waals surface area contributed by atoms with Crippen LogP contribution in [0.1, 0.15) is 90.9 Å². The highest BCUT2D eigenvalue weighted by atomic mass is 16.4. The molecule has 0 spiro atoms. The van der Waals surface area contributed by atoms with E-state index in [1.54, 1.807) is 6.08 Å². The lowest BCUT2D eigenvalue weighted by molar-refractivity contribution is -0.131. The molecule has 0 rings (SSSR count). The maximum absolute atomic E-state index is 10.2. The van der Waals surface area contributed by atoms with Crippen LogP contribution in [0.25, 0.3) is 0 Å². The van der Waals surface area contributed by atoms with Crippen molar-refractivity contribution in [2.75, 3.05) is 0 Å². The van der Waals surface area contributed by atoms with Gasteiger partial charge < -0.3 is 5.11 Å². The molecule has 0 saturated carbocycles. The number of carboxylic acid groups (broad SMARTS) is 1. The maximum atomic E-state index is 10.2. The van der Waals surface area contributed by atoms with Crippen molar-refractivity contribution in [1.82, 2.24) is 0 Å². The lowest BCUT2D eigenvalue weighted by atomic mass is 10.0. The van der Waals surface area contributed by atoms with Crippen LogP contribution in [0.3, 0.4) is 0 Å². The molecule has 0 aliphatic rings. The molecule has 0 radical (unpaired) electrons. The zero-order chi connectivity index (χ0) is 15.1. The Balaban J connectivity index is 3.04. The van der Waals surface area contributed by atoms with Gasteiger partial charge in [-0.05, 0) is 18.8 Å². The van der Waals surface area contributed by atoms with E-state index in [2.05, 4.69) is 13.8 Å². The Bertz CT molecular complexity index is 244. The molecule has 0 bridgehead atoms. The largest absolute Gasteiger partial charge is 0.478 e. The Morgan fingerprint density at radius 2 is 1.30 bits per heavy atom. The molecule has 0 aliphatic carbocycles. The Hall–Kier alpha value is -0.790. The molecule has 0 saturated heterocycles. The van der Waals surface area contributed by atoms with Crippen LogP contribution in [0.15, 0.2) is 12.2 Å². The summed E-state index contributed by atoms with van der Waals surface area (Å²) >= 11 is 0. The molecule has 0 amide bonds. The fraction of sp³-hybridized carbons (Fsp3) is 0.833. The number of hydrogen-bond donors (Lipinski definition) is 1. The number of rotatable bonds is 14. The van der Waals surface area contributed by atoms with Crippen molar-refractivity contribution < 1.29 is 9.90 Å². The Kier molecular flexibility index (Phi) is 14.0. The summed E-state index contributed by atoms with van der Waals surface area (Å²) in [7, 11) is 0. The van der Waals surface area contributed by atoms with Crippen LogP contribution in [0.5, 0.6) is 0 Å². The first-order valence-electron chi connectivity index (χ1n) is 8.52.